The number of para-hydroxylation sites is 2. The van der Waals surface area contributed by atoms with E-state index in [-0.39, 0.29) is 21.4 Å². The Labute approximate surface area is 148 Å². The van der Waals surface area contributed by atoms with Gasteiger partial charge < -0.3 is 10.1 Å². The first-order valence-corrected chi connectivity index (χ1v) is 7.75. The number of amides is 1. The highest BCUT2D eigenvalue weighted by Gasteiger charge is 2.33. The molecular weight excluding hydrogens is 351 g/mol. The van der Waals surface area contributed by atoms with Crippen LogP contribution in [0.15, 0.2) is 48.2 Å². The van der Waals surface area contributed by atoms with E-state index >= 15 is 0 Å². The first kappa shape index (κ1) is 16.4. The lowest BCUT2D eigenvalue weighted by atomic mass is 10.1. The molecule has 0 aromatic heterocycles. The number of halogens is 2. The van der Waals surface area contributed by atoms with Gasteiger partial charge in [0.25, 0.3) is 5.91 Å². The third-order valence-electron chi connectivity index (χ3n) is 3.49. The third-order valence-corrected chi connectivity index (χ3v) is 4.11. The van der Waals surface area contributed by atoms with Crippen LogP contribution in [-0.4, -0.2) is 18.1 Å². The minimum absolute atomic E-state index is 0.125. The Balaban J connectivity index is 2.02. The van der Waals surface area contributed by atoms with E-state index in [0.29, 0.717) is 11.4 Å². The largest absolute Gasteiger partial charge is 0.495 e. The number of hydrogen-bond donors (Lipinski definition) is 1. The Kier molecular flexibility index (Phi) is 4.51. The fraction of sp³-hybridized carbons (Fsp3) is 0.0588. The highest BCUT2D eigenvalue weighted by Crippen LogP contribution is 2.32. The molecule has 122 valence electrons. The zero-order valence-corrected chi connectivity index (χ0v) is 14.1. The lowest BCUT2D eigenvalue weighted by molar-refractivity contribution is -0.113. The molecule has 1 N–H and O–H groups in total. The van der Waals surface area contributed by atoms with Gasteiger partial charge in [0, 0.05) is 5.56 Å². The molecule has 0 atom stereocenters. The molecule has 4 nitrogen and oxygen atoms in total. The van der Waals surface area contributed by atoms with Gasteiger partial charge in [-0.05, 0) is 42.6 Å². The van der Waals surface area contributed by atoms with E-state index < -0.39 is 11.7 Å². The Hall–Kier alpha value is -2.44. The maximum Gasteiger partial charge on any atom is 0.281 e. The summed E-state index contributed by atoms with van der Waals surface area (Å²) >= 11 is 11.2. The van der Waals surface area contributed by atoms with Gasteiger partial charge in [0.15, 0.2) is 5.11 Å². The van der Waals surface area contributed by atoms with Crippen molar-refractivity contribution in [1.82, 2.24) is 5.32 Å². The lowest BCUT2D eigenvalue weighted by Crippen LogP contribution is -2.30. The first-order chi connectivity index (χ1) is 11.5. The van der Waals surface area contributed by atoms with Crippen molar-refractivity contribution < 1.29 is 13.9 Å². The summed E-state index contributed by atoms with van der Waals surface area (Å²) in [5.74, 6) is -0.435. The number of carbonyl (C=O) groups excluding carboxylic acids is 1. The molecule has 1 aliphatic heterocycles. The monoisotopic (exact) mass is 362 g/mol. The van der Waals surface area contributed by atoms with Gasteiger partial charge in [0.05, 0.1) is 17.8 Å². The third kappa shape index (κ3) is 2.86. The lowest BCUT2D eigenvalue weighted by Gasteiger charge is -2.17. The summed E-state index contributed by atoms with van der Waals surface area (Å²) < 4.78 is 19.2. The molecule has 1 saturated heterocycles. The molecule has 0 spiro atoms. The highest BCUT2D eigenvalue weighted by molar-refractivity contribution is 7.80. The summed E-state index contributed by atoms with van der Waals surface area (Å²) in [5, 5.41) is 3.19. The van der Waals surface area contributed by atoms with Crippen LogP contribution < -0.4 is 15.0 Å². The molecule has 0 bridgehead atoms. The predicted octanol–water partition coefficient (Wildman–Crippen LogP) is 3.75. The van der Waals surface area contributed by atoms with Crippen LogP contribution in [0.5, 0.6) is 5.75 Å². The van der Waals surface area contributed by atoms with Gasteiger partial charge in [0.2, 0.25) is 0 Å². The number of rotatable bonds is 3. The topological polar surface area (TPSA) is 41.6 Å². The molecule has 0 unspecified atom stereocenters. The predicted molar refractivity (Wildman–Crippen MR) is 95.6 cm³/mol. The van der Waals surface area contributed by atoms with Crippen molar-refractivity contribution in [2.24, 2.45) is 0 Å². The fourth-order valence-corrected chi connectivity index (χ4v) is 2.87. The van der Waals surface area contributed by atoms with Crippen molar-refractivity contribution in [1.29, 1.82) is 0 Å². The maximum absolute atomic E-state index is 13.9. The first-order valence-electron chi connectivity index (χ1n) is 6.97. The second-order valence-corrected chi connectivity index (χ2v) is 5.73. The van der Waals surface area contributed by atoms with Crippen molar-refractivity contribution in [2.45, 2.75) is 0 Å². The molecule has 1 fully saturated rings. The summed E-state index contributed by atoms with van der Waals surface area (Å²) in [6, 6.07) is 11.3. The minimum Gasteiger partial charge on any atom is -0.495 e. The van der Waals surface area contributed by atoms with Crippen molar-refractivity contribution in [3.63, 3.8) is 0 Å². The Bertz CT molecular complexity index is 849. The summed E-state index contributed by atoms with van der Waals surface area (Å²) in [5.41, 5.74) is 0.767. The van der Waals surface area contributed by atoms with E-state index in [1.165, 1.54) is 30.2 Å². The summed E-state index contributed by atoms with van der Waals surface area (Å²) in [7, 11) is 1.51. The molecule has 2 aromatic rings. The number of carbonyl (C=O) groups is 1. The molecule has 1 aliphatic rings. The van der Waals surface area contributed by atoms with Gasteiger partial charge in [-0.1, -0.05) is 29.8 Å². The van der Waals surface area contributed by atoms with Crippen molar-refractivity contribution in [3.05, 3.63) is 64.6 Å². The SMILES string of the molecule is COc1ccccc1N1C(=O)/C(=C\c2c(F)cccc2Cl)NC1=S. The molecular formula is C17H12ClFN2O2S. The quantitative estimate of drug-likeness (QED) is 0.667. The van der Waals surface area contributed by atoms with Gasteiger partial charge in [-0.15, -0.1) is 0 Å². The molecule has 7 heteroatoms. The van der Waals surface area contributed by atoms with Crippen LogP contribution in [0.25, 0.3) is 6.08 Å². The fourth-order valence-electron chi connectivity index (χ4n) is 2.36. The average molecular weight is 363 g/mol. The van der Waals surface area contributed by atoms with E-state index in [1.807, 2.05) is 0 Å². The van der Waals surface area contributed by atoms with Crippen molar-refractivity contribution in [3.8, 4) is 5.75 Å². The molecule has 1 amide bonds. The molecule has 1 heterocycles. The van der Waals surface area contributed by atoms with E-state index in [9.17, 15) is 9.18 Å². The number of anilines is 1. The van der Waals surface area contributed by atoms with Gasteiger partial charge in [-0.2, -0.15) is 0 Å². The van der Waals surface area contributed by atoms with Gasteiger partial charge in [-0.3, -0.25) is 4.79 Å². The van der Waals surface area contributed by atoms with Crippen molar-refractivity contribution in [2.75, 3.05) is 12.0 Å². The van der Waals surface area contributed by atoms with Crippen LogP contribution in [0, 0.1) is 5.82 Å². The zero-order valence-electron chi connectivity index (χ0n) is 12.5. The molecule has 0 saturated carbocycles. The maximum atomic E-state index is 13.9. The van der Waals surface area contributed by atoms with Crippen LogP contribution in [0.1, 0.15) is 5.56 Å². The molecule has 0 aliphatic carbocycles. The minimum atomic E-state index is -0.522. The van der Waals surface area contributed by atoms with Crippen LogP contribution in [0.4, 0.5) is 10.1 Å². The number of nitrogens with one attached hydrogen (secondary N) is 1. The number of methoxy groups -OCH3 is 1. The standard InChI is InChI=1S/C17H12ClFN2O2S/c1-23-15-8-3-2-7-14(15)21-16(22)13(20-17(21)24)9-10-11(18)5-4-6-12(10)19/h2-9H,1H3,(H,20,24)/b13-9+. The number of hydrogen-bond acceptors (Lipinski definition) is 3. The number of nitrogens with zero attached hydrogens (tertiary/aromatic N) is 1. The summed E-state index contributed by atoms with van der Waals surface area (Å²) in [6.45, 7) is 0. The number of benzene rings is 2. The Morgan fingerprint density at radius 1 is 1.25 bits per heavy atom. The zero-order chi connectivity index (χ0) is 17.3. The van der Waals surface area contributed by atoms with Crippen LogP contribution in [0.3, 0.4) is 0 Å². The Morgan fingerprint density at radius 3 is 2.71 bits per heavy atom. The number of ether oxygens (including phenoxy) is 1. The molecule has 3 rings (SSSR count). The number of thiocarbonyl (C=S) groups is 1. The molecule has 24 heavy (non-hydrogen) atoms. The van der Waals surface area contributed by atoms with Crippen LogP contribution in [0.2, 0.25) is 5.02 Å². The van der Waals surface area contributed by atoms with Crippen molar-refractivity contribution >= 4 is 46.6 Å². The smallest absolute Gasteiger partial charge is 0.281 e. The van der Waals surface area contributed by atoms with Gasteiger partial charge >= 0.3 is 0 Å². The normalized spacial score (nSPS) is 15.8. The average Bonchev–Trinajstić information content (AvgIpc) is 2.85. The van der Waals surface area contributed by atoms with Crippen LogP contribution >= 0.6 is 23.8 Å². The Morgan fingerprint density at radius 2 is 2.00 bits per heavy atom. The molecule has 0 radical (unpaired) electrons. The summed E-state index contributed by atoms with van der Waals surface area (Å²) in [6.07, 6.45) is 1.35. The summed E-state index contributed by atoms with van der Waals surface area (Å²) in [4.78, 5) is 14.0. The van der Waals surface area contributed by atoms with E-state index in [0.717, 1.165) is 0 Å². The van der Waals surface area contributed by atoms with E-state index in [4.69, 9.17) is 28.6 Å². The van der Waals surface area contributed by atoms with E-state index in [1.54, 1.807) is 30.3 Å². The molecule has 2 aromatic carbocycles. The van der Waals surface area contributed by atoms with Crippen LogP contribution in [-0.2, 0) is 4.79 Å². The van der Waals surface area contributed by atoms with Gasteiger partial charge in [0.1, 0.15) is 17.3 Å². The highest BCUT2D eigenvalue weighted by atomic mass is 35.5. The van der Waals surface area contributed by atoms with E-state index in [2.05, 4.69) is 5.32 Å². The second kappa shape index (κ2) is 6.59. The second-order valence-electron chi connectivity index (χ2n) is 4.94. The van der Waals surface area contributed by atoms with Gasteiger partial charge in [-0.25, -0.2) is 9.29 Å².